The first-order valence-corrected chi connectivity index (χ1v) is 8.16. The molecule has 0 saturated carbocycles. The molecule has 2 nitrogen and oxygen atoms in total. The van der Waals surface area contributed by atoms with E-state index in [1.54, 1.807) is 0 Å². The highest BCUT2D eigenvalue weighted by atomic mass is 15.2. The molecule has 0 radical (unpaired) electrons. The summed E-state index contributed by atoms with van der Waals surface area (Å²) in [6.45, 7) is 11.2. The van der Waals surface area contributed by atoms with E-state index >= 15 is 0 Å². The highest BCUT2D eigenvalue weighted by Gasteiger charge is 2.21. The molecule has 0 saturated heterocycles. The minimum absolute atomic E-state index is 0.101. The van der Waals surface area contributed by atoms with E-state index < -0.39 is 0 Å². The molecule has 0 aliphatic carbocycles. The standard InChI is InChI=1S/C18H32N2/c1-5-7-13-20(14-8-6-2)16(4)18(19)17-11-9-15(3)10-12-17/h9-12,16,18H,5-8,13-14,19H2,1-4H3. The normalized spacial score (nSPS) is 14.5. The number of nitrogens with two attached hydrogens (primary N) is 1. The third-order valence-corrected chi connectivity index (χ3v) is 4.16. The Labute approximate surface area is 125 Å². The molecule has 0 spiro atoms. The second-order valence-electron chi connectivity index (χ2n) is 5.92. The lowest BCUT2D eigenvalue weighted by Crippen LogP contribution is -2.42. The van der Waals surface area contributed by atoms with Gasteiger partial charge in [-0.1, -0.05) is 56.5 Å². The fourth-order valence-electron chi connectivity index (χ4n) is 2.54. The van der Waals surface area contributed by atoms with Gasteiger partial charge in [-0.2, -0.15) is 0 Å². The van der Waals surface area contributed by atoms with Crippen LogP contribution in [0.15, 0.2) is 24.3 Å². The van der Waals surface area contributed by atoms with Gasteiger partial charge in [-0.25, -0.2) is 0 Å². The number of nitrogens with zero attached hydrogens (tertiary/aromatic N) is 1. The minimum Gasteiger partial charge on any atom is -0.323 e. The maximum Gasteiger partial charge on any atom is 0.0450 e. The third-order valence-electron chi connectivity index (χ3n) is 4.16. The molecule has 0 fully saturated rings. The van der Waals surface area contributed by atoms with Crippen molar-refractivity contribution in [2.45, 2.75) is 65.5 Å². The Bertz CT molecular complexity index is 350. The Morgan fingerprint density at radius 3 is 1.95 bits per heavy atom. The summed E-state index contributed by atoms with van der Waals surface area (Å²) in [5.74, 6) is 0. The first kappa shape index (κ1) is 17.2. The van der Waals surface area contributed by atoms with Gasteiger partial charge in [0, 0.05) is 12.1 Å². The summed E-state index contributed by atoms with van der Waals surface area (Å²) in [6, 6.07) is 9.16. The van der Waals surface area contributed by atoms with E-state index in [0.29, 0.717) is 6.04 Å². The molecule has 2 heteroatoms. The van der Waals surface area contributed by atoms with Crippen LogP contribution in [0.3, 0.4) is 0 Å². The van der Waals surface area contributed by atoms with E-state index in [9.17, 15) is 0 Å². The van der Waals surface area contributed by atoms with E-state index in [4.69, 9.17) is 5.73 Å². The van der Waals surface area contributed by atoms with Gasteiger partial charge in [0.2, 0.25) is 0 Å². The lowest BCUT2D eigenvalue weighted by molar-refractivity contribution is 0.179. The van der Waals surface area contributed by atoms with Crippen molar-refractivity contribution in [3.8, 4) is 0 Å². The van der Waals surface area contributed by atoms with Crippen molar-refractivity contribution >= 4 is 0 Å². The van der Waals surface area contributed by atoms with Gasteiger partial charge in [-0.3, -0.25) is 4.90 Å². The number of hydrogen-bond acceptors (Lipinski definition) is 2. The Balaban J connectivity index is 2.70. The second-order valence-corrected chi connectivity index (χ2v) is 5.92. The lowest BCUT2D eigenvalue weighted by atomic mass is 9.98. The van der Waals surface area contributed by atoms with Gasteiger partial charge in [0.1, 0.15) is 0 Å². The highest BCUT2D eigenvalue weighted by molar-refractivity contribution is 5.24. The largest absolute Gasteiger partial charge is 0.323 e. The van der Waals surface area contributed by atoms with E-state index in [-0.39, 0.29) is 6.04 Å². The van der Waals surface area contributed by atoms with Crippen molar-refractivity contribution in [2.24, 2.45) is 5.73 Å². The van der Waals surface area contributed by atoms with Crippen molar-refractivity contribution in [3.05, 3.63) is 35.4 Å². The molecular formula is C18H32N2. The Morgan fingerprint density at radius 1 is 1.00 bits per heavy atom. The van der Waals surface area contributed by atoms with Gasteiger partial charge < -0.3 is 5.73 Å². The number of benzene rings is 1. The first-order chi connectivity index (χ1) is 9.60. The molecule has 2 atom stereocenters. The van der Waals surface area contributed by atoms with Crippen LogP contribution in [-0.4, -0.2) is 24.0 Å². The molecule has 2 N–H and O–H groups in total. The molecule has 114 valence electrons. The van der Waals surface area contributed by atoms with Crippen LogP contribution in [0.25, 0.3) is 0 Å². The van der Waals surface area contributed by atoms with E-state index in [1.807, 2.05) is 0 Å². The fraction of sp³-hybridized carbons (Fsp3) is 0.667. The van der Waals surface area contributed by atoms with Gasteiger partial charge in [0.25, 0.3) is 0 Å². The van der Waals surface area contributed by atoms with Gasteiger partial charge >= 0.3 is 0 Å². The summed E-state index contributed by atoms with van der Waals surface area (Å²) >= 11 is 0. The minimum atomic E-state index is 0.101. The van der Waals surface area contributed by atoms with Gasteiger partial charge in [0.05, 0.1) is 0 Å². The highest BCUT2D eigenvalue weighted by Crippen LogP contribution is 2.20. The lowest BCUT2D eigenvalue weighted by Gasteiger charge is -2.33. The van der Waals surface area contributed by atoms with Gasteiger partial charge in [-0.15, -0.1) is 0 Å². The SMILES string of the molecule is CCCCN(CCCC)C(C)C(N)c1ccc(C)cc1. The Morgan fingerprint density at radius 2 is 1.50 bits per heavy atom. The van der Waals surface area contributed by atoms with Crippen molar-refractivity contribution < 1.29 is 0 Å². The summed E-state index contributed by atoms with van der Waals surface area (Å²) in [5.41, 5.74) is 9.04. The quantitative estimate of drug-likeness (QED) is 0.729. The predicted octanol–water partition coefficient (Wildman–Crippen LogP) is 4.29. The maximum atomic E-state index is 6.49. The molecule has 20 heavy (non-hydrogen) atoms. The van der Waals surface area contributed by atoms with E-state index in [1.165, 1.54) is 36.8 Å². The zero-order chi connectivity index (χ0) is 15.0. The molecule has 0 bridgehead atoms. The zero-order valence-corrected chi connectivity index (χ0v) is 13.7. The van der Waals surface area contributed by atoms with Crippen LogP contribution in [0.5, 0.6) is 0 Å². The van der Waals surface area contributed by atoms with Gasteiger partial charge in [-0.05, 0) is 45.3 Å². The number of aryl methyl sites for hydroxylation is 1. The molecule has 0 heterocycles. The molecule has 1 aromatic rings. The predicted molar refractivity (Wildman–Crippen MR) is 89.0 cm³/mol. The van der Waals surface area contributed by atoms with Crippen LogP contribution in [0.2, 0.25) is 0 Å². The van der Waals surface area contributed by atoms with Crippen LogP contribution in [-0.2, 0) is 0 Å². The van der Waals surface area contributed by atoms with Crippen molar-refractivity contribution in [2.75, 3.05) is 13.1 Å². The molecule has 0 aromatic heterocycles. The average molecular weight is 276 g/mol. The summed E-state index contributed by atoms with van der Waals surface area (Å²) < 4.78 is 0. The van der Waals surface area contributed by atoms with Crippen molar-refractivity contribution in [3.63, 3.8) is 0 Å². The Hall–Kier alpha value is -0.860. The molecule has 2 unspecified atom stereocenters. The first-order valence-electron chi connectivity index (χ1n) is 8.16. The monoisotopic (exact) mass is 276 g/mol. The molecular weight excluding hydrogens is 244 g/mol. The number of rotatable bonds is 9. The topological polar surface area (TPSA) is 29.3 Å². The summed E-state index contributed by atoms with van der Waals surface area (Å²) in [6.07, 6.45) is 5.01. The van der Waals surface area contributed by atoms with Crippen LogP contribution >= 0.6 is 0 Å². The molecule has 0 amide bonds. The van der Waals surface area contributed by atoms with Crippen LogP contribution in [0.1, 0.15) is 63.6 Å². The van der Waals surface area contributed by atoms with Crippen LogP contribution < -0.4 is 5.73 Å². The smallest absolute Gasteiger partial charge is 0.0450 e. The maximum absolute atomic E-state index is 6.49. The van der Waals surface area contributed by atoms with Crippen molar-refractivity contribution in [1.29, 1.82) is 0 Å². The Kier molecular flexibility index (Phi) is 7.86. The third kappa shape index (κ3) is 5.26. The average Bonchev–Trinajstić information content (AvgIpc) is 2.47. The molecule has 0 aliphatic heterocycles. The molecule has 0 aliphatic rings. The van der Waals surface area contributed by atoms with Gasteiger partial charge in [0.15, 0.2) is 0 Å². The molecule has 1 aromatic carbocycles. The summed E-state index contributed by atoms with van der Waals surface area (Å²) in [7, 11) is 0. The van der Waals surface area contributed by atoms with E-state index in [0.717, 1.165) is 13.1 Å². The second kappa shape index (κ2) is 9.15. The zero-order valence-electron chi connectivity index (χ0n) is 13.7. The number of hydrogen-bond donors (Lipinski definition) is 1. The summed E-state index contributed by atoms with van der Waals surface area (Å²) in [5, 5.41) is 0. The van der Waals surface area contributed by atoms with E-state index in [2.05, 4.69) is 56.9 Å². The molecule has 1 rings (SSSR count). The number of unbranched alkanes of at least 4 members (excludes halogenated alkanes) is 2. The van der Waals surface area contributed by atoms with Crippen LogP contribution in [0.4, 0.5) is 0 Å². The van der Waals surface area contributed by atoms with Crippen molar-refractivity contribution in [1.82, 2.24) is 4.90 Å². The summed E-state index contributed by atoms with van der Waals surface area (Å²) in [4.78, 5) is 2.57. The fourth-order valence-corrected chi connectivity index (χ4v) is 2.54. The van der Waals surface area contributed by atoms with Crippen LogP contribution in [0, 0.1) is 6.92 Å².